The van der Waals surface area contributed by atoms with E-state index in [1.165, 1.54) is 5.56 Å². The van der Waals surface area contributed by atoms with Crippen molar-refractivity contribution >= 4 is 15.9 Å². The summed E-state index contributed by atoms with van der Waals surface area (Å²) in [5.74, 6) is 1.37. The molecule has 0 fully saturated rings. The minimum Gasteiger partial charge on any atom is -0.456 e. The molecule has 3 heteroatoms. The molecule has 2 rings (SSSR count). The maximum absolute atomic E-state index is 9.01. The van der Waals surface area contributed by atoms with Gasteiger partial charge >= 0.3 is 0 Å². The second-order valence-electron chi connectivity index (χ2n) is 3.94. The van der Waals surface area contributed by atoms with Gasteiger partial charge in [0.1, 0.15) is 17.6 Å². The summed E-state index contributed by atoms with van der Waals surface area (Å²) in [6.45, 7) is 2.00. The monoisotopic (exact) mass is 301 g/mol. The SMILES string of the molecule is Cc1cc(CBr)ccc1Oc1ccccc1C#N. The van der Waals surface area contributed by atoms with Crippen LogP contribution in [-0.4, -0.2) is 0 Å². The molecule has 0 unspecified atom stereocenters. The van der Waals surface area contributed by atoms with Crippen molar-refractivity contribution in [3.63, 3.8) is 0 Å². The van der Waals surface area contributed by atoms with Gasteiger partial charge in [0.05, 0.1) is 5.56 Å². The number of ether oxygens (including phenoxy) is 1. The molecular formula is C15H12BrNO. The fraction of sp³-hybridized carbons (Fsp3) is 0.133. The Hall–Kier alpha value is -1.79. The molecule has 0 aliphatic rings. The van der Waals surface area contributed by atoms with E-state index in [-0.39, 0.29) is 0 Å². The summed E-state index contributed by atoms with van der Waals surface area (Å²) in [7, 11) is 0. The maximum atomic E-state index is 9.01. The van der Waals surface area contributed by atoms with Gasteiger partial charge in [0.25, 0.3) is 0 Å². The predicted octanol–water partition coefficient (Wildman–Crippen LogP) is 4.55. The molecule has 0 aliphatic carbocycles. The Bertz CT molecular complexity index is 602. The topological polar surface area (TPSA) is 33.0 Å². The van der Waals surface area contributed by atoms with Gasteiger partial charge in [0.15, 0.2) is 0 Å². The van der Waals surface area contributed by atoms with Gasteiger partial charge in [-0.1, -0.05) is 40.2 Å². The number of alkyl halides is 1. The molecule has 0 atom stereocenters. The number of benzene rings is 2. The van der Waals surface area contributed by atoms with Crippen molar-refractivity contribution in [2.45, 2.75) is 12.3 Å². The van der Waals surface area contributed by atoms with Crippen molar-refractivity contribution in [1.29, 1.82) is 5.26 Å². The minimum atomic E-state index is 0.543. The summed E-state index contributed by atoms with van der Waals surface area (Å²) in [4.78, 5) is 0. The zero-order chi connectivity index (χ0) is 13.0. The van der Waals surface area contributed by atoms with Gasteiger partial charge in [0.2, 0.25) is 0 Å². The van der Waals surface area contributed by atoms with E-state index in [1.54, 1.807) is 12.1 Å². The van der Waals surface area contributed by atoms with E-state index in [0.29, 0.717) is 11.3 Å². The molecule has 0 heterocycles. The van der Waals surface area contributed by atoms with Gasteiger partial charge in [0, 0.05) is 5.33 Å². The van der Waals surface area contributed by atoms with Gasteiger partial charge in [-0.2, -0.15) is 5.26 Å². The summed E-state index contributed by atoms with van der Waals surface area (Å²) in [5, 5.41) is 9.83. The highest BCUT2D eigenvalue weighted by molar-refractivity contribution is 9.08. The molecule has 0 N–H and O–H groups in total. The van der Waals surface area contributed by atoms with Crippen molar-refractivity contribution in [3.8, 4) is 17.6 Å². The third kappa shape index (κ3) is 2.72. The van der Waals surface area contributed by atoms with E-state index in [9.17, 15) is 0 Å². The van der Waals surface area contributed by atoms with E-state index >= 15 is 0 Å². The zero-order valence-electron chi connectivity index (χ0n) is 9.98. The molecular weight excluding hydrogens is 290 g/mol. The lowest BCUT2D eigenvalue weighted by molar-refractivity contribution is 0.477. The highest BCUT2D eigenvalue weighted by Crippen LogP contribution is 2.28. The molecule has 90 valence electrons. The van der Waals surface area contributed by atoms with Crippen molar-refractivity contribution in [1.82, 2.24) is 0 Å². The average molecular weight is 302 g/mol. The van der Waals surface area contributed by atoms with E-state index in [1.807, 2.05) is 31.2 Å². The number of para-hydroxylation sites is 1. The Morgan fingerprint density at radius 2 is 1.94 bits per heavy atom. The Morgan fingerprint density at radius 3 is 2.61 bits per heavy atom. The van der Waals surface area contributed by atoms with Crippen LogP contribution in [0.5, 0.6) is 11.5 Å². The maximum Gasteiger partial charge on any atom is 0.145 e. The summed E-state index contributed by atoms with van der Waals surface area (Å²) in [6.07, 6.45) is 0. The van der Waals surface area contributed by atoms with Crippen LogP contribution in [0, 0.1) is 18.3 Å². The van der Waals surface area contributed by atoms with Crippen LogP contribution < -0.4 is 4.74 Å². The van der Waals surface area contributed by atoms with Gasteiger partial charge in [-0.15, -0.1) is 0 Å². The van der Waals surface area contributed by atoms with Crippen molar-refractivity contribution in [3.05, 3.63) is 59.2 Å². The Labute approximate surface area is 115 Å². The zero-order valence-corrected chi connectivity index (χ0v) is 11.6. The summed E-state index contributed by atoms with van der Waals surface area (Å²) in [5.41, 5.74) is 2.80. The first-order valence-electron chi connectivity index (χ1n) is 5.57. The summed E-state index contributed by atoms with van der Waals surface area (Å²) >= 11 is 3.42. The lowest BCUT2D eigenvalue weighted by Crippen LogP contribution is -1.91. The smallest absolute Gasteiger partial charge is 0.145 e. The van der Waals surface area contributed by atoms with Crippen LogP contribution in [0.15, 0.2) is 42.5 Å². The van der Waals surface area contributed by atoms with Crippen LogP contribution in [0.2, 0.25) is 0 Å². The summed E-state index contributed by atoms with van der Waals surface area (Å²) in [6, 6.07) is 15.4. The number of hydrogen-bond acceptors (Lipinski definition) is 2. The van der Waals surface area contributed by atoms with Gasteiger partial charge in [-0.25, -0.2) is 0 Å². The molecule has 0 radical (unpaired) electrons. The molecule has 2 aromatic carbocycles. The Morgan fingerprint density at radius 1 is 1.17 bits per heavy atom. The number of hydrogen-bond donors (Lipinski definition) is 0. The van der Waals surface area contributed by atoms with Gasteiger partial charge in [-0.05, 0) is 36.2 Å². The quantitative estimate of drug-likeness (QED) is 0.779. The van der Waals surface area contributed by atoms with Crippen molar-refractivity contribution in [2.24, 2.45) is 0 Å². The van der Waals surface area contributed by atoms with Crippen LogP contribution in [0.1, 0.15) is 16.7 Å². The van der Waals surface area contributed by atoms with E-state index in [0.717, 1.165) is 16.6 Å². The van der Waals surface area contributed by atoms with Crippen LogP contribution >= 0.6 is 15.9 Å². The molecule has 2 aromatic rings. The number of halogens is 1. The van der Waals surface area contributed by atoms with Crippen LogP contribution in [-0.2, 0) is 5.33 Å². The highest BCUT2D eigenvalue weighted by atomic mass is 79.9. The third-order valence-corrected chi connectivity index (χ3v) is 3.27. The molecule has 18 heavy (non-hydrogen) atoms. The molecule has 0 bridgehead atoms. The second-order valence-corrected chi connectivity index (χ2v) is 4.50. The van der Waals surface area contributed by atoms with Crippen molar-refractivity contribution in [2.75, 3.05) is 0 Å². The van der Waals surface area contributed by atoms with Gasteiger partial charge < -0.3 is 4.74 Å². The lowest BCUT2D eigenvalue weighted by atomic mass is 10.1. The predicted molar refractivity (Wildman–Crippen MR) is 75.0 cm³/mol. The molecule has 2 nitrogen and oxygen atoms in total. The minimum absolute atomic E-state index is 0.543. The highest BCUT2D eigenvalue weighted by Gasteiger charge is 2.06. The standard InChI is InChI=1S/C15H12BrNO/c1-11-8-12(9-16)6-7-14(11)18-15-5-3-2-4-13(15)10-17/h2-8H,9H2,1H3. The third-order valence-electron chi connectivity index (χ3n) is 2.62. The number of aryl methyl sites for hydroxylation is 1. The Balaban J connectivity index is 2.32. The molecule has 0 spiro atoms. The van der Waals surface area contributed by atoms with E-state index in [2.05, 4.69) is 28.1 Å². The summed E-state index contributed by atoms with van der Waals surface area (Å²) < 4.78 is 5.79. The fourth-order valence-electron chi connectivity index (χ4n) is 1.68. The van der Waals surface area contributed by atoms with Crippen LogP contribution in [0.25, 0.3) is 0 Å². The van der Waals surface area contributed by atoms with Crippen LogP contribution in [0.3, 0.4) is 0 Å². The average Bonchev–Trinajstić information content (AvgIpc) is 2.41. The molecule has 0 aliphatic heterocycles. The van der Waals surface area contributed by atoms with Crippen LogP contribution in [0.4, 0.5) is 0 Å². The first kappa shape index (κ1) is 12.7. The first-order chi connectivity index (χ1) is 8.74. The largest absolute Gasteiger partial charge is 0.456 e. The lowest BCUT2D eigenvalue weighted by Gasteiger charge is -2.10. The Kier molecular flexibility index (Phi) is 4.01. The number of nitriles is 1. The van der Waals surface area contributed by atoms with Crippen molar-refractivity contribution < 1.29 is 4.74 Å². The normalized spacial score (nSPS) is 9.83. The first-order valence-corrected chi connectivity index (χ1v) is 6.69. The van der Waals surface area contributed by atoms with Gasteiger partial charge in [-0.3, -0.25) is 0 Å². The fourth-order valence-corrected chi connectivity index (χ4v) is 2.02. The molecule has 0 amide bonds. The number of nitrogens with zero attached hydrogens (tertiary/aromatic N) is 1. The van der Waals surface area contributed by atoms with E-state index < -0.39 is 0 Å². The number of rotatable bonds is 3. The molecule has 0 saturated heterocycles. The second kappa shape index (κ2) is 5.70. The molecule has 0 saturated carbocycles. The van der Waals surface area contributed by atoms with E-state index in [4.69, 9.17) is 10.00 Å². The molecule has 0 aromatic heterocycles.